The summed E-state index contributed by atoms with van der Waals surface area (Å²) in [6.07, 6.45) is 1.74. The van der Waals surface area contributed by atoms with Gasteiger partial charge >= 0.3 is 0 Å². The number of rotatable bonds is 5. The van der Waals surface area contributed by atoms with Gasteiger partial charge in [0.2, 0.25) is 0 Å². The molecule has 0 spiro atoms. The molecule has 0 fully saturated rings. The number of H-pyrrole nitrogens is 1. The lowest BCUT2D eigenvalue weighted by Crippen LogP contribution is -2.27. The molecule has 8 nitrogen and oxygen atoms in total. The van der Waals surface area contributed by atoms with E-state index in [-0.39, 0.29) is 23.6 Å². The normalized spacial score (nSPS) is 12.2. The summed E-state index contributed by atoms with van der Waals surface area (Å²) in [6.45, 7) is 5.70. The molecule has 25 heavy (non-hydrogen) atoms. The van der Waals surface area contributed by atoms with Crippen LogP contribution in [0.3, 0.4) is 0 Å². The molecule has 0 aliphatic rings. The summed E-state index contributed by atoms with van der Waals surface area (Å²) in [4.78, 5) is 25.1. The van der Waals surface area contributed by atoms with Gasteiger partial charge in [0.1, 0.15) is 16.5 Å². The first kappa shape index (κ1) is 17.8. The lowest BCUT2D eigenvalue weighted by atomic mass is 10.2. The van der Waals surface area contributed by atoms with Gasteiger partial charge in [-0.1, -0.05) is 0 Å². The molecular formula is C15H19N5O3S2. The third-order valence-electron chi connectivity index (χ3n) is 4.10. The van der Waals surface area contributed by atoms with E-state index in [2.05, 4.69) is 19.7 Å². The third-order valence-corrected chi connectivity index (χ3v) is 6.54. The van der Waals surface area contributed by atoms with Crippen LogP contribution in [-0.2, 0) is 23.5 Å². The molecule has 3 aromatic rings. The fourth-order valence-electron chi connectivity index (χ4n) is 2.45. The molecule has 0 unspecified atom stereocenters. The van der Waals surface area contributed by atoms with Gasteiger partial charge in [-0.25, -0.2) is 23.1 Å². The van der Waals surface area contributed by atoms with Crippen LogP contribution in [0, 0.1) is 20.8 Å². The van der Waals surface area contributed by atoms with Crippen molar-refractivity contribution in [1.29, 1.82) is 0 Å². The van der Waals surface area contributed by atoms with Crippen LogP contribution in [0.1, 0.15) is 22.1 Å². The summed E-state index contributed by atoms with van der Waals surface area (Å²) in [6, 6.07) is 0. The van der Waals surface area contributed by atoms with E-state index in [1.165, 1.54) is 17.5 Å². The maximum atomic E-state index is 12.2. The Morgan fingerprint density at radius 3 is 2.64 bits per heavy atom. The molecule has 2 N–H and O–H groups in total. The van der Waals surface area contributed by atoms with Crippen LogP contribution in [0.2, 0.25) is 0 Å². The highest BCUT2D eigenvalue weighted by Gasteiger charge is 2.18. The average molecular weight is 381 g/mol. The number of aryl methyl sites for hydroxylation is 4. The van der Waals surface area contributed by atoms with Crippen molar-refractivity contribution in [3.63, 3.8) is 0 Å². The summed E-state index contributed by atoms with van der Waals surface area (Å²) < 4.78 is 28.6. The zero-order valence-corrected chi connectivity index (χ0v) is 16.0. The van der Waals surface area contributed by atoms with Crippen molar-refractivity contribution < 1.29 is 8.42 Å². The molecular weight excluding hydrogens is 362 g/mol. The highest BCUT2D eigenvalue weighted by Crippen LogP contribution is 2.25. The van der Waals surface area contributed by atoms with E-state index in [0.717, 1.165) is 10.4 Å². The Hall–Kier alpha value is -2.04. The maximum absolute atomic E-state index is 12.2. The first-order chi connectivity index (χ1) is 11.7. The van der Waals surface area contributed by atoms with Crippen LogP contribution in [-0.4, -0.2) is 34.5 Å². The zero-order valence-electron chi connectivity index (χ0n) is 14.4. The van der Waals surface area contributed by atoms with E-state index in [9.17, 15) is 13.2 Å². The maximum Gasteiger partial charge on any atom is 0.259 e. The summed E-state index contributed by atoms with van der Waals surface area (Å²) >= 11 is 1.46. The summed E-state index contributed by atoms with van der Waals surface area (Å²) in [7, 11) is -1.95. The molecule has 0 bridgehead atoms. The lowest BCUT2D eigenvalue weighted by molar-refractivity contribution is 0.577. The SMILES string of the molecule is Cc1sc2nc(CCNS(=O)(=O)c3cn(C)c(C)n3)[nH]c(=O)c2c1C. The van der Waals surface area contributed by atoms with Gasteiger partial charge in [0.25, 0.3) is 15.6 Å². The third kappa shape index (κ3) is 3.37. The molecule has 0 aliphatic heterocycles. The molecule has 134 valence electrons. The minimum absolute atomic E-state index is 0.0195. The Bertz CT molecular complexity index is 1090. The number of aromatic nitrogens is 4. The van der Waals surface area contributed by atoms with Crippen molar-refractivity contribution in [3.8, 4) is 0 Å². The van der Waals surface area contributed by atoms with E-state index < -0.39 is 10.0 Å². The van der Waals surface area contributed by atoms with Crippen LogP contribution < -0.4 is 10.3 Å². The predicted molar refractivity (Wildman–Crippen MR) is 96.6 cm³/mol. The highest BCUT2D eigenvalue weighted by atomic mass is 32.2. The van der Waals surface area contributed by atoms with Gasteiger partial charge in [-0.15, -0.1) is 11.3 Å². The lowest BCUT2D eigenvalue weighted by Gasteiger charge is -2.04. The standard InChI is InChI=1S/C15H19N5O3S2/c1-8-9(2)24-15-13(8)14(21)18-11(19-15)5-6-16-25(22,23)12-7-20(4)10(3)17-12/h7,16H,5-6H2,1-4H3,(H,18,19,21). The second-order valence-corrected chi connectivity index (χ2v) is 8.78. The summed E-state index contributed by atoms with van der Waals surface area (Å²) in [5, 5.41) is 0.588. The number of aromatic amines is 1. The van der Waals surface area contributed by atoms with Crippen molar-refractivity contribution in [3.05, 3.63) is 38.6 Å². The van der Waals surface area contributed by atoms with Crippen molar-refractivity contribution in [1.82, 2.24) is 24.2 Å². The number of hydrogen-bond acceptors (Lipinski definition) is 6. The van der Waals surface area contributed by atoms with Gasteiger partial charge in [0.15, 0.2) is 5.03 Å². The van der Waals surface area contributed by atoms with E-state index in [0.29, 0.717) is 21.9 Å². The average Bonchev–Trinajstić information content (AvgIpc) is 3.00. The fraction of sp³-hybridized carbons (Fsp3) is 0.400. The molecule has 0 atom stereocenters. The van der Waals surface area contributed by atoms with Crippen LogP contribution in [0.15, 0.2) is 16.0 Å². The molecule has 0 aromatic carbocycles. The second kappa shape index (κ2) is 6.36. The number of imidazole rings is 1. The Morgan fingerprint density at radius 2 is 2.00 bits per heavy atom. The number of hydrogen-bond donors (Lipinski definition) is 2. The Kier molecular flexibility index (Phi) is 4.52. The van der Waals surface area contributed by atoms with Crippen LogP contribution in [0.25, 0.3) is 10.2 Å². The van der Waals surface area contributed by atoms with Crippen LogP contribution in [0.4, 0.5) is 0 Å². The predicted octanol–water partition coefficient (Wildman–Crippen LogP) is 1.16. The Labute approximate surface area is 149 Å². The molecule has 0 amide bonds. The number of sulfonamides is 1. The molecule has 0 saturated heterocycles. The highest BCUT2D eigenvalue weighted by molar-refractivity contribution is 7.89. The van der Waals surface area contributed by atoms with E-state index >= 15 is 0 Å². The fourth-order valence-corrected chi connectivity index (χ4v) is 4.57. The van der Waals surface area contributed by atoms with Gasteiger partial charge in [-0.05, 0) is 26.3 Å². The largest absolute Gasteiger partial charge is 0.337 e. The minimum atomic E-state index is -3.69. The molecule has 10 heteroatoms. The van der Waals surface area contributed by atoms with Gasteiger partial charge in [-0.2, -0.15) is 0 Å². The van der Waals surface area contributed by atoms with Gasteiger partial charge in [0, 0.05) is 31.1 Å². The second-order valence-electron chi connectivity index (χ2n) is 5.86. The van der Waals surface area contributed by atoms with E-state index in [1.807, 2.05) is 13.8 Å². The topological polar surface area (TPSA) is 110 Å². The first-order valence-corrected chi connectivity index (χ1v) is 9.97. The van der Waals surface area contributed by atoms with E-state index in [4.69, 9.17) is 0 Å². The number of nitrogens with one attached hydrogen (secondary N) is 2. The van der Waals surface area contributed by atoms with Crippen molar-refractivity contribution in [2.24, 2.45) is 7.05 Å². The summed E-state index contributed by atoms with van der Waals surface area (Å²) in [5.41, 5.74) is 0.747. The Morgan fingerprint density at radius 1 is 1.28 bits per heavy atom. The Balaban J connectivity index is 1.76. The van der Waals surface area contributed by atoms with Crippen molar-refractivity contribution in [2.45, 2.75) is 32.2 Å². The smallest absolute Gasteiger partial charge is 0.259 e. The molecule has 3 rings (SSSR count). The van der Waals surface area contributed by atoms with E-state index in [1.54, 1.807) is 18.5 Å². The zero-order chi connectivity index (χ0) is 18.4. The quantitative estimate of drug-likeness (QED) is 0.689. The van der Waals surface area contributed by atoms with Crippen LogP contribution >= 0.6 is 11.3 Å². The van der Waals surface area contributed by atoms with Gasteiger partial charge in [-0.3, -0.25) is 4.79 Å². The van der Waals surface area contributed by atoms with Gasteiger partial charge in [0.05, 0.1) is 5.39 Å². The van der Waals surface area contributed by atoms with Gasteiger partial charge < -0.3 is 9.55 Å². The number of nitrogens with zero attached hydrogens (tertiary/aromatic N) is 3. The molecule has 3 heterocycles. The molecule has 0 radical (unpaired) electrons. The number of thiophene rings is 1. The molecule has 0 aliphatic carbocycles. The monoisotopic (exact) mass is 381 g/mol. The molecule has 3 aromatic heterocycles. The first-order valence-electron chi connectivity index (χ1n) is 7.67. The minimum Gasteiger partial charge on any atom is -0.337 e. The van der Waals surface area contributed by atoms with Crippen molar-refractivity contribution >= 4 is 31.6 Å². The van der Waals surface area contributed by atoms with Crippen LogP contribution in [0.5, 0.6) is 0 Å². The number of fused-ring (bicyclic) bond motifs is 1. The van der Waals surface area contributed by atoms with Crippen molar-refractivity contribution in [2.75, 3.05) is 6.54 Å². The summed E-state index contributed by atoms with van der Waals surface area (Å²) in [5.74, 6) is 1.07. The molecule has 0 saturated carbocycles.